The fourth-order valence-electron chi connectivity index (χ4n) is 7.55. The summed E-state index contributed by atoms with van der Waals surface area (Å²) in [7, 11) is 1.56. The molecule has 14 heteroatoms. The summed E-state index contributed by atoms with van der Waals surface area (Å²) < 4.78 is 53.0. The molecule has 1 aromatic heterocycles. The van der Waals surface area contributed by atoms with Crippen LogP contribution < -0.4 is 25.6 Å². The number of amides is 1. The van der Waals surface area contributed by atoms with E-state index in [2.05, 4.69) is 40.6 Å². The number of anilines is 5. The molecule has 3 saturated heterocycles. The highest BCUT2D eigenvalue weighted by Gasteiger charge is 2.36. The Morgan fingerprint density at radius 1 is 0.980 bits per heavy atom. The van der Waals surface area contributed by atoms with Gasteiger partial charge < -0.3 is 30.3 Å². The smallest absolute Gasteiger partial charge is 0.421 e. The van der Waals surface area contributed by atoms with Crippen molar-refractivity contribution in [2.45, 2.75) is 56.9 Å². The zero-order valence-electron chi connectivity index (χ0n) is 27.7. The first-order valence-corrected chi connectivity index (χ1v) is 17.1. The van der Waals surface area contributed by atoms with Crippen molar-refractivity contribution in [1.82, 2.24) is 19.8 Å². The van der Waals surface area contributed by atoms with E-state index in [0.717, 1.165) is 95.6 Å². The number of hydrogen-bond donors (Lipinski definition) is 3. The van der Waals surface area contributed by atoms with E-state index in [0.29, 0.717) is 34.8 Å². The van der Waals surface area contributed by atoms with Gasteiger partial charge in [-0.15, -0.1) is 0 Å². The van der Waals surface area contributed by atoms with Crippen molar-refractivity contribution < 1.29 is 27.4 Å². The quantitative estimate of drug-likeness (QED) is 0.282. The van der Waals surface area contributed by atoms with Gasteiger partial charge in [0, 0.05) is 94.7 Å². The van der Waals surface area contributed by atoms with E-state index >= 15 is 0 Å². The van der Waals surface area contributed by atoms with Gasteiger partial charge in [0.1, 0.15) is 17.1 Å². The van der Waals surface area contributed by atoms with Crippen LogP contribution in [0.15, 0.2) is 42.6 Å². The van der Waals surface area contributed by atoms with Crippen LogP contribution in [-0.4, -0.2) is 97.4 Å². The molecule has 4 aliphatic heterocycles. The summed E-state index contributed by atoms with van der Waals surface area (Å²) in [6, 6.07) is 12.4. The molecule has 11 nitrogen and oxygen atoms in total. The maximum atomic E-state index is 13.9. The SMILES string of the molecule is COc1cc(N2CCC(N3CCN(C4CCOCC4)CC3)CC2)ccc1Nc1ncc(C(F)(F)F)c(NCc2cccc3c2CC(=O)N3)n1. The summed E-state index contributed by atoms with van der Waals surface area (Å²) in [5.41, 5.74) is 2.74. The van der Waals surface area contributed by atoms with Crippen LogP contribution in [0.2, 0.25) is 0 Å². The van der Waals surface area contributed by atoms with Crippen LogP contribution >= 0.6 is 0 Å². The van der Waals surface area contributed by atoms with E-state index in [1.54, 1.807) is 25.3 Å². The van der Waals surface area contributed by atoms with Crippen molar-refractivity contribution in [1.29, 1.82) is 0 Å². The van der Waals surface area contributed by atoms with Gasteiger partial charge in [-0.25, -0.2) is 4.98 Å². The van der Waals surface area contributed by atoms with Crippen molar-refractivity contribution in [3.8, 4) is 5.75 Å². The summed E-state index contributed by atoms with van der Waals surface area (Å²) in [6.45, 7) is 8.19. The Kier molecular flexibility index (Phi) is 9.79. The normalized spacial score (nSPS) is 19.8. The largest absolute Gasteiger partial charge is 0.494 e. The molecule has 2 aromatic carbocycles. The van der Waals surface area contributed by atoms with Crippen LogP contribution in [0.4, 0.5) is 42.0 Å². The average Bonchev–Trinajstić information content (AvgIpc) is 3.52. The molecule has 3 N–H and O–H groups in total. The number of carbonyl (C=O) groups excluding carboxylic acids is 1. The number of piperidine rings is 1. The number of rotatable bonds is 9. The highest BCUT2D eigenvalue weighted by Crippen LogP contribution is 2.37. The second kappa shape index (κ2) is 14.4. The summed E-state index contributed by atoms with van der Waals surface area (Å²) in [5.74, 6) is 0.0309. The molecule has 49 heavy (non-hydrogen) atoms. The van der Waals surface area contributed by atoms with Crippen molar-refractivity contribution in [2.75, 3.05) is 80.4 Å². The standard InChI is InChI=1S/C35H43F3N8O3/c1-48-31-19-26(44-11-7-24(8-12-44)45-13-15-46(16-14-45)25-9-17-49-18-10-25)5-6-30(31)42-34-40-22-28(35(36,37)38)33(43-34)39-21-23-3-2-4-29-27(23)20-32(47)41-29/h2-6,19,22,24-25H,7-18,20-21H2,1H3,(H,41,47)(H2,39,40,42,43). The molecule has 0 saturated carbocycles. The third-order valence-electron chi connectivity index (χ3n) is 10.3. The van der Waals surface area contributed by atoms with Gasteiger partial charge in [-0.3, -0.25) is 14.6 Å². The second-order valence-corrected chi connectivity index (χ2v) is 13.1. The Bertz CT molecular complexity index is 1630. The number of alkyl halides is 3. The lowest BCUT2D eigenvalue weighted by molar-refractivity contribution is -0.137. The maximum absolute atomic E-state index is 13.9. The zero-order valence-corrected chi connectivity index (χ0v) is 27.7. The topological polar surface area (TPSA) is 107 Å². The fourth-order valence-corrected chi connectivity index (χ4v) is 7.55. The molecule has 5 heterocycles. The van der Waals surface area contributed by atoms with Crippen LogP contribution in [0.3, 0.4) is 0 Å². The second-order valence-electron chi connectivity index (χ2n) is 13.1. The molecule has 0 spiro atoms. The minimum atomic E-state index is -4.66. The predicted octanol–water partition coefficient (Wildman–Crippen LogP) is 5.12. The summed E-state index contributed by atoms with van der Waals surface area (Å²) in [5, 5.41) is 8.65. The highest BCUT2D eigenvalue weighted by atomic mass is 19.4. The van der Waals surface area contributed by atoms with Crippen molar-refractivity contribution >= 4 is 34.7 Å². The van der Waals surface area contributed by atoms with E-state index in [-0.39, 0.29) is 30.6 Å². The highest BCUT2D eigenvalue weighted by molar-refractivity contribution is 5.99. The van der Waals surface area contributed by atoms with E-state index in [4.69, 9.17) is 9.47 Å². The zero-order chi connectivity index (χ0) is 34.0. The lowest BCUT2D eigenvalue weighted by Gasteiger charge is -2.45. The number of aromatic nitrogens is 2. The molecule has 0 aliphatic carbocycles. The van der Waals surface area contributed by atoms with Gasteiger partial charge in [0.25, 0.3) is 0 Å². The molecular formula is C35H43F3N8O3. The van der Waals surface area contributed by atoms with Crippen LogP contribution in [0.25, 0.3) is 0 Å². The molecule has 0 bridgehead atoms. The number of benzene rings is 2. The number of ether oxygens (including phenoxy) is 2. The Balaban J connectivity index is 0.982. The van der Waals surface area contributed by atoms with Crippen LogP contribution in [0, 0.1) is 0 Å². The molecule has 4 aliphatic rings. The first-order valence-electron chi connectivity index (χ1n) is 17.1. The summed E-state index contributed by atoms with van der Waals surface area (Å²) in [4.78, 5) is 27.8. The van der Waals surface area contributed by atoms with Gasteiger partial charge in [-0.2, -0.15) is 18.2 Å². The maximum Gasteiger partial charge on any atom is 0.421 e. The van der Waals surface area contributed by atoms with E-state index in [1.807, 2.05) is 18.2 Å². The van der Waals surface area contributed by atoms with Crippen molar-refractivity contribution in [2.24, 2.45) is 0 Å². The molecule has 0 atom stereocenters. The number of hydrogen-bond acceptors (Lipinski definition) is 10. The minimum absolute atomic E-state index is 0.00517. The molecule has 1 amide bonds. The molecular weight excluding hydrogens is 637 g/mol. The molecule has 3 fully saturated rings. The Morgan fingerprint density at radius 2 is 1.69 bits per heavy atom. The van der Waals surface area contributed by atoms with Crippen LogP contribution in [-0.2, 0) is 28.7 Å². The molecule has 0 radical (unpaired) electrons. The van der Waals surface area contributed by atoms with E-state index < -0.39 is 11.7 Å². The average molecular weight is 681 g/mol. The third kappa shape index (κ3) is 7.55. The minimum Gasteiger partial charge on any atom is -0.494 e. The lowest BCUT2D eigenvalue weighted by Crippen LogP contribution is -2.55. The third-order valence-corrected chi connectivity index (χ3v) is 10.3. The number of nitrogens with one attached hydrogen (secondary N) is 3. The van der Waals surface area contributed by atoms with Gasteiger partial charge in [0.05, 0.1) is 19.2 Å². The summed E-state index contributed by atoms with van der Waals surface area (Å²) >= 11 is 0. The Morgan fingerprint density at radius 3 is 2.39 bits per heavy atom. The molecule has 0 unspecified atom stereocenters. The summed E-state index contributed by atoms with van der Waals surface area (Å²) in [6.07, 6.45) is 0.756. The van der Waals surface area contributed by atoms with Gasteiger partial charge in [0.2, 0.25) is 11.9 Å². The van der Waals surface area contributed by atoms with Gasteiger partial charge in [-0.1, -0.05) is 12.1 Å². The van der Waals surface area contributed by atoms with Gasteiger partial charge in [0.15, 0.2) is 0 Å². The number of nitrogens with zero attached hydrogens (tertiary/aromatic N) is 5. The van der Waals surface area contributed by atoms with E-state index in [1.165, 1.54) is 0 Å². The van der Waals surface area contributed by atoms with Crippen molar-refractivity contribution in [3.05, 3.63) is 59.3 Å². The number of halogens is 3. The van der Waals surface area contributed by atoms with Crippen molar-refractivity contribution in [3.63, 3.8) is 0 Å². The number of methoxy groups -OCH3 is 1. The van der Waals surface area contributed by atoms with Gasteiger partial charge >= 0.3 is 6.18 Å². The monoisotopic (exact) mass is 680 g/mol. The number of piperazine rings is 1. The first-order chi connectivity index (χ1) is 23.7. The van der Waals surface area contributed by atoms with E-state index in [9.17, 15) is 18.0 Å². The van der Waals surface area contributed by atoms with Gasteiger partial charge in [-0.05, 0) is 55.0 Å². The Labute approximate surface area is 284 Å². The first kappa shape index (κ1) is 33.4. The number of fused-ring (bicyclic) bond motifs is 1. The molecule has 3 aromatic rings. The molecule has 262 valence electrons. The molecule has 7 rings (SSSR count). The number of carbonyl (C=O) groups is 1. The predicted molar refractivity (Wildman–Crippen MR) is 182 cm³/mol. The fraction of sp³-hybridized carbons (Fsp3) is 0.514. The van der Waals surface area contributed by atoms with Crippen LogP contribution in [0.1, 0.15) is 42.4 Å². The Hall–Kier alpha value is -4.14. The lowest BCUT2D eigenvalue weighted by atomic mass is 10.0. The van der Waals surface area contributed by atoms with Crippen LogP contribution in [0.5, 0.6) is 5.75 Å².